The standard InChI is InChI=1S/C24H23ClF3N5O3S/c1-2-37(35,36)21-4-3-15(25)7-14(21)10-33-13-31-22-17(23(33)34)8-20(24(26,27)28)19(18(22)9-29)12-32-6-5-16(30)11-32/h3-4,7-8,13,16H,2,5-6,10-12,30H2,1H3/t16-/m1/s1. The zero-order valence-electron chi connectivity index (χ0n) is 19.7. The van der Waals surface area contributed by atoms with Crippen molar-refractivity contribution in [2.24, 2.45) is 5.73 Å². The maximum absolute atomic E-state index is 14.1. The van der Waals surface area contributed by atoms with E-state index < -0.39 is 32.5 Å². The van der Waals surface area contributed by atoms with Crippen LogP contribution in [0.4, 0.5) is 13.2 Å². The zero-order valence-corrected chi connectivity index (χ0v) is 21.3. The van der Waals surface area contributed by atoms with Crippen molar-refractivity contribution in [1.82, 2.24) is 14.5 Å². The number of hydrogen-bond acceptors (Lipinski definition) is 7. The van der Waals surface area contributed by atoms with Crippen molar-refractivity contribution in [1.29, 1.82) is 5.26 Å². The van der Waals surface area contributed by atoms with Crippen LogP contribution < -0.4 is 11.3 Å². The second-order valence-electron chi connectivity index (χ2n) is 8.90. The third-order valence-electron chi connectivity index (χ3n) is 6.41. The first-order valence-electron chi connectivity index (χ1n) is 11.4. The molecule has 0 amide bonds. The van der Waals surface area contributed by atoms with Gasteiger partial charge >= 0.3 is 6.18 Å². The summed E-state index contributed by atoms with van der Waals surface area (Å²) in [6.45, 7) is 1.88. The van der Waals surface area contributed by atoms with Gasteiger partial charge in [-0.15, -0.1) is 0 Å². The lowest BCUT2D eigenvalue weighted by molar-refractivity contribution is -0.138. The largest absolute Gasteiger partial charge is 0.416 e. The van der Waals surface area contributed by atoms with Crippen LogP contribution in [-0.4, -0.2) is 47.8 Å². The highest BCUT2D eigenvalue weighted by Crippen LogP contribution is 2.37. The van der Waals surface area contributed by atoms with Crippen molar-refractivity contribution in [3.05, 3.63) is 68.2 Å². The molecule has 0 bridgehead atoms. The van der Waals surface area contributed by atoms with Crippen molar-refractivity contribution in [2.45, 2.75) is 43.5 Å². The molecule has 3 aromatic rings. The van der Waals surface area contributed by atoms with E-state index in [4.69, 9.17) is 17.3 Å². The van der Waals surface area contributed by atoms with Gasteiger partial charge in [-0.3, -0.25) is 14.3 Å². The minimum atomic E-state index is -4.83. The maximum Gasteiger partial charge on any atom is 0.416 e. The minimum absolute atomic E-state index is 0.0424. The molecule has 2 heterocycles. The van der Waals surface area contributed by atoms with E-state index in [1.165, 1.54) is 25.1 Å². The highest BCUT2D eigenvalue weighted by molar-refractivity contribution is 7.91. The van der Waals surface area contributed by atoms with Crippen LogP contribution in [0.2, 0.25) is 5.02 Å². The smallest absolute Gasteiger partial charge is 0.326 e. The number of rotatable bonds is 6. The number of hydrogen-bond donors (Lipinski definition) is 1. The van der Waals surface area contributed by atoms with E-state index in [1.54, 1.807) is 4.90 Å². The molecule has 8 nitrogen and oxygen atoms in total. The van der Waals surface area contributed by atoms with Gasteiger partial charge in [-0.25, -0.2) is 13.4 Å². The van der Waals surface area contributed by atoms with E-state index in [9.17, 15) is 31.6 Å². The summed E-state index contributed by atoms with van der Waals surface area (Å²) in [6.07, 6.45) is -3.12. The summed E-state index contributed by atoms with van der Waals surface area (Å²) >= 11 is 6.05. The van der Waals surface area contributed by atoms with Gasteiger partial charge in [-0.2, -0.15) is 18.4 Å². The quantitative estimate of drug-likeness (QED) is 0.497. The third-order valence-corrected chi connectivity index (χ3v) is 8.47. The molecule has 1 saturated heterocycles. The van der Waals surface area contributed by atoms with Crippen LogP contribution in [0, 0.1) is 11.3 Å². The van der Waals surface area contributed by atoms with Crippen molar-refractivity contribution in [3.63, 3.8) is 0 Å². The van der Waals surface area contributed by atoms with Gasteiger partial charge < -0.3 is 5.73 Å². The summed E-state index contributed by atoms with van der Waals surface area (Å²) in [5.41, 5.74) is 3.41. The summed E-state index contributed by atoms with van der Waals surface area (Å²) in [7, 11) is -3.68. The van der Waals surface area contributed by atoms with E-state index in [0.29, 0.717) is 19.5 Å². The molecule has 1 aliphatic heterocycles. The molecule has 0 saturated carbocycles. The van der Waals surface area contributed by atoms with E-state index in [1.807, 2.05) is 6.07 Å². The minimum Gasteiger partial charge on any atom is -0.326 e. The average molecular weight is 554 g/mol. The van der Waals surface area contributed by atoms with Gasteiger partial charge in [0.1, 0.15) is 6.07 Å². The molecule has 196 valence electrons. The number of nitrogens with two attached hydrogens (primary N) is 1. The maximum atomic E-state index is 14.1. The van der Waals surface area contributed by atoms with Crippen LogP contribution in [0.3, 0.4) is 0 Å². The molecule has 0 radical (unpaired) electrons. The van der Waals surface area contributed by atoms with Gasteiger partial charge in [-0.05, 0) is 41.8 Å². The molecule has 1 aliphatic rings. The third kappa shape index (κ3) is 5.36. The summed E-state index contributed by atoms with van der Waals surface area (Å²) in [5.74, 6) is -0.197. The molecule has 0 unspecified atom stereocenters. The van der Waals surface area contributed by atoms with Gasteiger partial charge in [0.05, 0.1) is 45.6 Å². The lowest BCUT2D eigenvalue weighted by atomic mass is 9.97. The predicted molar refractivity (Wildman–Crippen MR) is 132 cm³/mol. The first kappa shape index (κ1) is 27.1. The fourth-order valence-corrected chi connectivity index (χ4v) is 5.84. The summed E-state index contributed by atoms with van der Waals surface area (Å²) in [6, 6.07) is 6.46. The van der Waals surface area contributed by atoms with Crippen molar-refractivity contribution in [3.8, 4) is 6.07 Å². The Balaban J connectivity index is 1.89. The van der Waals surface area contributed by atoms with Gasteiger partial charge in [0, 0.05) is 30.7 Å². The van der Waals surface area contributed by atoms with Crippen LogP contribution in [0.5, 0.6) is 0 Å². The van der Waals surface area contributed by atoms with Crippen LogP contribution in [0.15, 0.2) is 40.3 Å². The van der Waals surface area contributed by atoms with Gasteiger partial charge in [0.15, 0.2) is 9.84 Å². The number of nitriles is 1. The second-order valence-corrected chi connectivity index (χ2v) is 11.6. The number of sulfone groups is 1. The Labute approximate surface area is 216 Å². The fourth-order valence-electron chi connectivity index (χ4n) is 4.54. The van der Waals surface area contributed by atoms with Crippen LogP contribution in [0.25, 0.3) is 10.9 Å². The molecular formula is C24H23ClF3N5O3S. The summed E-state index contributed by atoms with van der Waals surface area (Å²) in [5, 5.41) is 9.65. The van der Waals surface area contributed by atoms with Crippen LogP contribution in [0.1, 0.15) is 35.6 Å². The molecular weight excluding hydrogens is 531 g/mol. The molecule has 1 fully saturated rings. The zero-order chi connectivity index (χ0) is 27.1. The van der Waals surface area contributed by atoms with E-state index in [-0.39, 0.29) is 57.0 Å². The molecule has 37 heavy (non-hydrogen) atoms. The molecule has 2 N–H and O–H groups in total. The molecule has 1 atom stereocenters. The van der Waals surface area contributed by atoms with Crippen molar-refractivity contribution in [2.75, 3.05) is 18.8 Å². The Morgan fingerprint density at radius 2 is 2.00 bits per heavy atom. The van der Waals surface area contributed by atoms with Gasteiger partial charge in [-0.1, -0.05) is 18.5 Å². The van der Waals surface area contributed by atoms with Crippen molar-refractivity contribution >= 4 is 32.3 Å². The summed E-state index contributed by atoms with van der Waals surface area (Å²) < 4.78 is 68.5. The SMILES string of the molecule is CCS(=O)(=O)c1ccc(Cl)cc1Cn1cnc2c(C#N)c(CN3CC[C@@H](N)C3)c(C(F)(F)F)cc2c1=O. The number of aromatic nitrogens is 2. The Bertz CT molecular complexity index is 1580. The monoisotopic (exact) mass is 553 g/mol. The lowest BCUT2D eigenvalue weighted by Gasteiger charge is -2.21. The Morgan fingerprint density at radius 1 is 1.27 bits per heavy atom. The molecule has 0 spiro atoms. The fraction of sp³-hybridized carbons (Fsp3) is 0.375. The highest BCUT2D eigenvalue weighted by Gasteiger charge is 2.37. The van der Waals surface area contributed by atoms with E-state index >= 15 is 0 Å². The molecule has 4 rings (SSSR count). The van der Waals surface area contributed by atoms with Crippen molar-refractivity contribution < 1.29 is 21.6 Å². The van der Waals surface area contributed by atoms with Gasteiger partial charge in [0.25, 0.3) is 5.56 Å². The average Bonchev–Trinajstić information content (AvgIpc) is 3.24. The molecule has 1 aromatic heterocycles. The van der Waals surface area contributed by atoms with Crippen LogP contribution in [-0.2, 0) is 29.1 Å². The molecule has 13 heteroatoms. The predicted octanol–water partition coefficient (Wildman–Crippen LogP) is 3.32. The summed E-state index contributed by atoms with van der Waals surface area (Å²) in [4.78, 5) is 19.2. The second kappa shape index (κ2) is 10.1. The normalized spacial score (nSPS) is 16.8. The Hall–Kier alpha value is -2.98. The van der Waals surface area contributed by atoms with Gasteiger partial charge in [0.2, 0.25) is 0 Å². The first-order chi connectivity index (χ1) is 17.4. The first-order valence-corrected chi connectivity index (χ1v) is 13.4. The molecule has 2 aromatic carbocycles. The number of alkyl halides is 3. The molecule has 0 aliphatic carbocycles. The lowest BCUT2D eigenvalue weighted by Crippen LogP contribution is -2.28. The number of fused-ring (bicyclic) bond motifs is 1. The van der Waals surface area contributed by atoms with E-state index in [0.717, 1.165) is 17.0 Å². The number of halogens is 4. The number of nitrogens with zero attached hydrogens (tertiary/aromatic N) is 4. The Kier molecular flexibility index (Phi) is 7.36. The van der Waals surface area contributed by atoms with E-state index in [2.05, 4.69) is 4.98 Å². The number of benzene rings is 2. The Morgan fingerprint density at radius 3 is 2.59 bits per heavy atom. The topological polar surface area (TPSA) is 122 Å². The number of likely N-dealkylation sites (tertiary alicyclic amines) is 1. The highest BCUT2D eigenvalue weighted by atomic mass is 35.5. The van der Waals surface area contributed by atoms with Crippen LogP contribution >= 0.6 is 11.6 Å².